The van der Waals surface area contributed by atoms with E-state index in [1.807, 2.05) is 30.3 Å². The molecule has 0 bridgehead atoms. The van der Waals surface area contributed by atoms with Crippen molar-refractivity contribution in [1.82, 2.24) is 5.32 Å². The maximum Gasteiger partial charge on any atom is 0.229 e. The van der Waals surface area contributed by atoms with E-state index in [-0.39, 0.29) is 17.9 Å². The summed E-state index contributed by atoms with van der Waals surface area (Å²) in [4.78, 5) is 13.4. The first-order chi connectivity index (χ1) is 9.22. The normalized spacial score (nSPS) is 22.2. The first-order valence-corrected chi connectivity index (χ1v) is 7.58. The van der Waals surface area contributed by atoms with Crippen molar-refractivity contribution in [2.75, 3.05) is 17.6 Å². The van der Waals surface area contributed by atoms with E-state index in [0.29, 0.717) is 0 Å². The summed E-state index contributed by atoms with van der Waals surface area (Å²) in [5.41, 5.74) is 0.901. The third kappa shape index (κ3) is 3.61. The van der Waals surface area contributed by atoms with Crippen LogP contribution in [0.3, 0.4) is 0 Å². The SMILES string of the molecule is C=CCSc1ccccc1NC(=O)C1CCNC1C. The fourth-order valence-corrected chi connectivity index (χ4v) is 3.03. The minimum Gasteiger partial charge on any atom is -0.325 e. The van der Waals surface area contributed by atoms with Crippen LogP contribution in [-0.2, 0) is 4.79 Å². The predicted molar refractivity (Wildman–Crippen MR) is 81.6 cm³/mol. The number of carbonyl (C=O) groups excluding carboxylic acids is 1. The number of benzene rings is 1. The van der Waals surface area contributed by atoms with Crippen molar-refractivity contribution in [1.29, 1.82) is 0 Å². The van der Waals surface area contributed by atoms with Crippen molar-refractivity contribution in [3.8, 4) is 0 Å². The van der Waals surface area contributed by atoms with Crippen LogP contribution in [0.1, 0.15) is 13.3 Å². The summed E-state index contributed by atoms with van der Waals surface area (Å²) in [6.07, 6.45) is 2.78. The summed E-state index contributed by atoms with van der Waals surface area (Å²) >= 11 is 1.68. The molecule has 2 unspecified atom stereocenters. The Morgan fingerprint density at radius 3 is 3.05 bits per heavy atom. The van der Waals surface area contributed by atoms with Crippen LogP contribution < -0.4 is 10.6 Å². The minimum atomic E-state index is 0.0671. The van der Waals surface area contributed by atoms with Gasteiger partial charge in [-0.15, -0.1) is 18.3 Å². The van der Waals surface area contributed by atoms with E-state index in [1.54, 1.807) is 11.8 Å². The van der Waals surface area contributed by atoms with Gasteiger partial charge >= 0.3 is 0 Å². The third-order valence-corrected chi connectivity index (χ3v) is 4.43. The summed E-state index contributed by atoms with van der Waals surface area (Å²) in [6, 6.07) is 8.18. The Morgan fingerprint density at radius 1 is 1.58 bits per heavy atom. The van der Waals surface area contributed by atoms with Gasteiger partial charge in [-0.2, -0.15) is 0 Å². The van der Waals surface area contributed by atoms with Crippen molar-refractivity contribution in [2.45, 2.75) is 24.3 Å². The number of para-hydroxylation sites is 1. The second-order valence-corrected chi connectivity index (χ2v) is 5.78. The van der Waals surface area contributed by atoms with Crippen LogP contribution in [0.15, 0.2) is 41.8 Å². The van der Waals surface area contributed by atoms with Crippen molar-refractivity contribution in [3.63, 3.8) is 0 Å². The Balaban J connectivity index is 2.05. The molecule has 1 heterocycles. The van der Waals surface area contributed by atoms with Crippen molar-refractivity contribution >= 4 is 23.4 Å². The van der Waals surface area contributed by atoms with Crippen LogP contribution in [0.5, 0.6) is 0 Å². The van der Waals surface area contributed by atoms with Gasteiger partial charge in [0.15, 0.2) is 0 Å². The minimum absolute atomic E-state index is 0.0671. The molecule has 1 amide bonds. The van der Waals surface area contributed by atoms with Gasteiger partial charge in [0.2, 0.25) is 5.91 Å². The molecule has 1 saturated heterocycles. The monoisotopic (exact) mass is 276 g/mol. The summed E-state index contributed by atoms with van der Waals surface area (Å²) in [6.45, 7) is 6.71. The van der Waals surface area contributed by atoms with E-state index >= 15 is 0 Å². The molecule has 102 valence electrons. The van der Waals surface area contributed by atoms with Crippen molar-refractivity contribution in [2.24, 2.45) is 5.92 Å². The highest BCUT2D eigenvalue weighted by Gasteiger charge is 2.29. The highest BCUT2D eigenvalue weighted by molar-refractivity contribution is 7.99. The van der Waals surface area contributed by atoms with Gasteiger partial charge in [0.25, 0.3) is 0 Å². The van der Waals surface area contributed by atoms with E-state index < -0.39 is 0 Å². The highest BCUT2D eigenvalue weighted by Crippen LogP contribution is 2.28. The Hall–Kier alpha value is -1.26. The summed E-state index contributed by atoms with van der Waals surface area (Å²) in [5, 5.41) is 6.36. The van der Waals surface area contributed by atoms with E-state index in [4.69, 9.17) is 0 Å². The fraction of sp³-hybridized carbons (Fsp3) is 0.400. The molecule has 0 radical (unpaired) electrons. The van der Waals surface area contributed by atoms with Crippen LogP contribution >= 0.6 is 11.8 Å². The molecule has 0 saturated carbocycles. The number of rotatable bonds is 5. The zero-order valence-electron chi connectivity index (χ0n) is 11.2. The van der Waals surface area contributed by atoms with Crippen LogP contribution in [-0.4, -0.2) is 24.2 Å². The molecule has 2 atom stereocenters. The van der Waals surface area contributed by atoms with E-state index in [1.165, 1.54) is 0 Å². The maximum absolute atomic E-state index is 12.3. The quantitative estimate of drug-likeness (QED) is 0.642. The summed E-state index contributed by atoms with van der Waals surface area (Å²) in [7, 11) is 0. The molecular weight excluding hydrogens is 256 g/mol. The molecule has 1 aliphatic rings. The lowest BCUT2D eigenvalue weighted by Crippen LogP contribution is -2.32. The largest absolute Gasteiger partial charge is 0.325 e. The van der Waals surface area contributed by atoms with Crippen molar-refractivity contribution in [3.05, 3.63) is 36.9 Å². The molecule has 1 fully saturated rings. The van der Waals surface area contributed by atoms with Gasteiger partial charge in [0.1, 0.15) is 0 Å². The Bertz CT molecular complexity index is 461. The highest BCUT2D eigenvalue weighted by atomic mass is 32.2. The van der Waals surface area contributed by atoms with Crippen LogP contribution in [0.25, 0.3) is 0 Å². The first kappa shape index (κ1) is 14.2. The number of anilines is 1. The van der Waals surface area contributed by atoms with Gasteiger partial charge < -0.3 is 10.6 Å². The predicted octanol–water partition coefficient (Wildman–Crippen LogP) is 2.90. The topological polar surface area (TPSA) is 41.1 Å². The van der Waals surface area contributed by atoms with Crippen LogP contribution in [0.2, 0.25) is 0 Å². The molecule has 2 rings (SSSR count). The van der Waals surface area contributed by atoms with Crippen LogP contribution in [0, 0.1) is 5.92 Å². The van der Waals surface area contributed by atoms with E-state index in [9.17, 15) is 4.79 Å². The second-order valence-electron chi connectivity index (χ2n) is 4.72. The Labute approximate surface area is 118 Å². The van der Waals surface area contributed by atoms with Gasteiger partial charge in [-0.3, -0.25) is 4.79 Å². The Morgan fingerprint density at radius 2 is 2.37 bits per heavy atom. The summed E-state index contributed by atoms with van der Waals surface area (Å²) in [5.74, 6) is 1.02. The summed E-state index contributed by atoms with van der Waals surface area (Å²) < 4.78 is 0. The van der Waals surface area contributed by atoms with Gasteiger partial charge in [0.05, 0.1) is 11.6 Å². The zero-order chi connectivity index (χ0) is 13.7. The molecule has 1 aromatic carbocycles. The average Bonchev–Trinajstić information content (AvgIpc) is 2.84. The number of thioether (sulfide) groups is 1. The smallest absolute Gasteiger partial charge is 0.229 e. The molecule has 3 nitrogen and oxygen atoms in total. The average molecular weight is 276 g/mol. The lowest BCUT2D eigenvalue weighted by Gasteiger charge is -2.16. The molecule has 1 aromatic rings. The third-order valence-electron chi connectivity index (χ3n) is 3.36. The number of hydrogen-bond donors (Lipinski definition) is 2. The maximum atomic E-state index is 12.3. The number of carbonyl (C=O) groups is 1. The molecule has 0 aliphatic carbocycles. The van der Waals surface area contributed by atoms with Gasteiger partial charge in [-0.05, 0) is 32.0 Å². The zero-order valence-corrected chi connectivity index (χ0v) is 12.0. The molecule has 2 N–H and O–H groups in total. The van der Waals surface area contributed by atoms with Gasteiger partial charge in [-0.1, -0.05) is 18.2 Å². The number of amides is 1. The standard InChI is InChI=1S/C15H20N2OS/c1-3-10-19-14-7-5-4-6-13(14)17-15(18)12-8-9-16-11(12)2/h3-7,11-12,16H,1,8-10H2,2H3,(H,17,18). The molecule has 0 aromatic heterocycles. The molecule has 1 aliphatic heterocycles. The fourth-order valence-electron chi connectivity index (χ4n) is 2.29. The first-order valence-electron chi connectivity index (χ1n) is 6.59. The van der Waals surface area contributed by atoms with E-state index in [0.717, 1.165) is 29.3 Å². The molecule has 19 heavy (non-hydrogen) atoms. The lowest BCUT2D eigenvalue weighted by molar-refractivity contribution is -0.120. The number of hydrogen-bond acceptors (Lipinski definition) is 3. The second kappa shape index (κ2) is 6.78. The van der Waals surface area contributed by atoms with Crippen molar-refractivity contribution < 1.29 is 4.79 Å². The molecule has 0 spiro atoms. The van der Waals surface area contributed by atoms with Gasteiger partial charge in [-0.25, -0.2) is 0 Å². The van der Waals surface area contributed by atoms with Gasteiger partial charge in [0, 0.05) is 16.7 Å². The van der Waals surface area contributed by atoms with E-state index in [2.05, 4.69) is 24.1 Å². The Kier molecular flexibility index (Phi) is 5.05. The number of nitrogens with one attached hydrogen (secondary N) is 2. The molecular formula is C15H20N2OS. The van der Waals surface area contributed by atoms with Crippen LogP contribution in [0.4, 0.5) is 5.69 Å². The molecule has 4 heteroatoms. The lowest BCUT2D eigenvalue weighted by atomic mass is 10.0.